The Morgan fingerprint density at radius 2 is 2.00 bits per heavy atom. The van der Waals surface area contributed by atoms with Gasteiger partial charge < -0.3 is 11.5 Å². The molecular weight excluding hydrogens is 204 g/mol. The van der Waals surface area contributed by atoms with Crippen LogP contribution in [0.5, 0.6) is 0 Å². The van der Waals surface area contributed by atoms with Gasteiger partial charge in [0.05, 0.1) is 18.1 Å². The minimum absolute atomic E-state index is 0.243. The lowest BCUT2D eigenvalue weighted by molar-refractivity contribution is 1.15. The third kappa shape index (κ3) is 2.11. The molecule has 0 atom stereocenters. The Morgan fingerprint density at radius 3 is 2.69 bits per heavy atom. The molecule has 6 nitrogen and oxygen atoms in total. The molecule has 0 bridgehead atoms. The van der Waals surface area contributed by atoms with Gasteiger partial charge in [-0.05, 0) is 12.1 Å². The molecule has 0 aromatic carbocycles. The van der Waals surface area contributed by atoms with Crippen LogP contribution in [0.25, 0.3) is 0 Å². The average Bonchev–Trinajstić information content (AvgIpc) is 2.31. The maximum Gasteiger partial charge on any atom is 0.152 e. The van der Waals surface area contributed by atoms with E-state index in [9.17, 15) is 0 Å². The first kappa shape index (κ1) is 10.0. The molecule has 0 fully saturated rings. The fourth-order valence-corrected chi connectivity index (χ4v) is 1.17. The summed E-state index contributed by atoms with van der Waals surface area (Å²) in [5.41, 5.74) is 13.0. The van der Waals surface area contributed by atoms with Crippen molar-refractivity contribution in [2.75, 3.05) is 5.73 Å². The summed E-state index contributed by atoms with van der Waals surface area (Å²) in [6.45, 7) is 0. The van der Waals surface area contributed by atoms with Gasteiger partial charge in [0.1, 0.15) is 17.7 Å². The van der Waals surface area contributed by atoms with Crippen LogP contribution < -0.4 is 11.5 Å². The highest BCUT2D eigenvalue weighted by Crippen LogP contribution is 2.11. The second kappa shape index (κ2) is 4.35. The first-order valence-electron chi connectivity index (χ1n) is 4.57. The molecular formula is C10H10N6. The van der Waals surface area contributed by atoms with Crippen LogP contribution in [0.2, 0.25) is 0 Å². The van der Waals surface area contributed by atoms with E-state index in [1.165, 1.54) is 6.33 Å². The van der Waals surface area contributed by atoms with Gasteiger partial charge in [0.15, 0.2) is 5.84 Å². The van der Waals surface area contributed by atoms with Gasteiger partial charge in [0.25, 0.3) is 0 Å². The standard InChI is InChI=1S/C10H10N6/c11-8-2-1-3-15-9(8)10(12)16-7-4-13-6-14-5-7/h1-6H,11H2,(H2,12,16). The number of anilines is 1. The second-order valence-corrected chi connectivity index (χ2v) is 3.03. The van der Waals surface area contributed by atoms with Gasteiger partial charge in [0, 0.05) is 6.20 Å². The molecule has 0 aliphatic rings. The van der Waals surface area contributed by atoms with Gasteiger partial charge in [-0.3, -0.25) is 4.98 Å². The number of pyridine rings is 1. The Labute approximate surface area is 92.1 Å². The predicted octanol–water partition coefficient (Wildman–Crippen LogP) is 0.491. The van der Waals surface area contributed by atoms with Crippen molar-refractivity contribution >= 4 is 17.2 Å². The molecule has 4 N–H and O–H groups in total. The zero-order valence-electron chi connectivity index (χ0n) is 8.41. The van der Waals surface area contributed by atoms with Crippen LogP contribution in [0.15, 0.2) is 42.0 Å². The van der Waals surface area contributed by atoms with Crippen molar-refractivity contribution in [2.45, 2.75) is 0 Å². The number of amidine groups is 1. The summed E-state index contributed by atoms with van der Waals surface area (Å²) in [5, 5.41) is 0. The fourth-order valence-electron chi connectivity index (χ4n) is 1.17. The molecule has 2 rings (SSSR count). The summed E-state index contributed by atoms with van der Waals surface area (Å²) in [7, 11) is 0. The van der Waals surface area contributed by atoms with Gasteiger partial charge in [-0.1, -0.05) is 0 Å². The Morgan fingerprint density at radius 1 is 1.25 bits per heavy atom. The van der Waals surface area contributed by atoms with Crippen molar-refractivity contribution in [1.29, 1.82) is 0 Å². The van der Waals surface area contributed by atoms with Gasteiger partial charge in [-0.15, -0.1) is 0 Å². The average molecular weight is 214 g/mol. The zero-order valence-corrected chi connectivity index (χ0v) is 8.41. The van der Waals surface area contributed by atoms with E-state index in [1.54, 1.807) is 30.7 Å². The van der Waals surface area contributed by atoms with E-state index in [-0.39, 0.29) is 5.84 Å². The largest absolute Gasteiger partial charge is 0.397 e. The molecule has 2 heterocycles. The monoisotopic (exact) mass is 214 g/mol. The Kier molecular flexibility index (Phi) is 2.73. The third-order valence-corrected chi connectivity index (χ3v) is 1.88. The lowest BCUT2D eigenvalue weighted by Crippen LogP contribution is -2.16. The molecule has 6 heteroatoms. The molecule has 0 spiro atoms. The summed E-state index contributed by atoms with van der Waals surface area (Å²) in [6.07, 6.45) is 6.14. The number of aromatic nitrogens is 3. The van der Waals surface area contributed by atoms with E-state index in [2.05, 4.69) is 19.9 Å². The van der Waals surface area contributed by atoms with Crippen molar-refractivity contribution < 1.29 is 0 Å². The minimum Gasteiger partial charge on any atom is -0.397 e. The smallest absolute Gasteiger partial charge is 0.152 e. The third-order valence-electron chi connectivity index (χ3n) is 1.88. The van der Waals surface area contributed by atoms with Crippen LogP contribution in [-0.4, -0.2) is 20.8 Å². The molecule has 2 aromatic heterocycles. The van der Waals surface area contributed by atoms with Gasteiger partial charge in [-0.25, -0.2) is 15.0 Å². The second-order valence-electron chi connectivity index (χ2n) is 3.03. The molecule has 80 valence electrons. The van der Waals surface area contributed by atoms with Crippen LogP contribution >= 0.6 is 0 Å². The summed E-state index contributed by atoms with van der Waals surface area (Å²) in [6, 6.07) is 3.45. The SMILES string of the molecule is NC(=Nc1cncnc1)c1ncccc1N. The lowest BCUT2D eigenvalue weighted by atomic mass is 10.3. The number of hydrogen-bond donors (Lipinski definition) is 2. The molecule has 0 amide bonds. The number of aliphatic imine (C=N–C) groups is 1. The van der Waals surface area contributed by atoms with E-state index >= 15 is 0 Å². The highest BCUT2D eigenvalue weighted by Gasteiger charge is 2.04. The Bertz CT molecular complexity index is 508. The fraction of sp³-hybridized carbons (Fsp3) is 0. The molecule has 0 radical (unpaired) electrons. The topological polar surface area (TPSA) is 103 Å². The number of nitrogens with two attached hydrogens (primary N) is 2. The highest BCUT2D eigenvalue weighted by molar-refractivity contribution is 6.01. The number of hydrogen-bond acceptors (Lipinski definition) is 5. The first-order valence-corrected chi connectivity index (χ1v) is 4.57. The summed E-state index contributed by atoms with van der Waals surface area (Å²) >= 11 is 0. The number of rotatable bonds is 2. The molecule has 16 heavy (non-hydrogen) atoms. The van der Waals surface area contributed by atoms with Crippen molar-refractivity contribution in [2.24, 2.45) is 10.7 Å². The van der Waals surface area contributed by atoms with Crippen LogP contribution in [-0.2, 0) is 0 Å². The van der Waals surface area contributed by atoms with Crippen LogP contribution in [0.1, 0.15) is 5.69 Å². The molecule has 2 aromatic rings. The molecule has 0 saturated heterocycles. The minimum atomic E-state index is 0.243. The normalized spacial score (nSPS) is 11.4. The van der Waals surface area contributed by atoms with Crippen LogP contribution in [0, 0.1) is 0 Å². The van der Waals surface area contributed by atoms with Gasteiger partial charge in [0.2, 0.25) is 0 Å². The number of nitrogen functional groups attached to an aromatic ring is 1. The van der Waals surface area contributed by atoms with Crippen molar-refractivity contribution in [1.82, 2.24) is 15.0 Å². The maximum absolute atomic E-state index is 5.78. The summed E-state index contributed by atoms with van der Waals surface area (Å²) in [5.74, 6) is 0.243. The molecule has 0 unspecified atom stereocenters. The maximum atomic E-state index is 5.78. The van der Waals surface area contributed by atoms with Crippen LogP contribution in [0.4, 0.5) is 11.4 Å². The van der Waals surface area contributed by atoms with Crippen molar-refractivity contribution in [3.05, 3.63) is 42.7 Å². The van der Waals surface area contributed by atoms with E-state index in [1.807, 2.05) is 0 Å². The summed E-state index contributed by atoms with van der Waals surface area (Å²) < 4.78 is 0. The van der Waals surface area contributed by atoms with E-state index < -0.39 is 0 Å². The molecule has 0 saturated carbocycles. The zero-order chi connectivity index (χ0) is 11.4. The number of nitrogens with zero attached hydrogens (tertiary/aromatic N) is 4. The van der Waals surface area contributed by atoms with E-state index in [4.69, 9.17) is 11.5 Å². The Balaban J connectivity index is 2.36. The van der Waals surface area contributed by atoms with Crippen molar-refractivity contribution in [3.63, 3.8) is 0 Å². The summed E-state index contributed by atoms with van der Waals surface area (Å²) in [4.78, 5) is 15.8. The highest BCUT2D eigenvalue weighted by atomic mass is 14.9. The van der Waals surface area contributed by atoms with Crippen molar-refractivity contribution in [3.8, 4) is 0 Å². The molecule has 0 aliphatic carbocycles. The quantitative estimate of drug-likeness (QED) is 0.559. The van der Waals surface area contributed by atoms with Gasteiger partial charge >= 0.3 is 0 Å². The first-order chi connectivity index (χ1) is 7.77. The van der Waals surface area contributed by atoms with E-state index in [0.29, 0.717) is 17.1 Å². The lowest BCUT2D eigenvalue weighted by Gasteiger charge is -2.02. The van der Waals surface area contributed by atoms with E-state index in [0.717, 1.165) is 0 Å². The van der Waals surface area contributed by atoms with Gasteiger partial charge in [-0.2, -0.15) is 0 Å². The Hall–Kier alpha value is -2.50. The predicted molar refractivity (Wildman–Crippen MR) is 61.1 cm³/mol. The van der Waals surface area contributed by atoms with Crippen LogP contribution in [0.3, 0.4) is 0 Å². The molecule has 0 aliphatic heterocycles.